The fourth-order valence-corrected chi connectivity index (χ4v) is 3.42. The fourth-order valence-electron chi connectivity index (χ4n) is 2.44. The third-order valence-corrected chi connectivity index (χ3v) is 4.53. The van der Waals surface area contributed by atoms with Gasteiger partial charge in [-0.05, 0) is 37.5 Å². The van der Waals surface area contributed by atoms with Crippen LogP contribution in [0, 0.1) is 12.8 Å². The molecule has 0 saturated carbocycles. The van der Waals surface area contributed by atoms with Crippen molar-refractivity contribution in [2.24, 2.45) is 5.92 Å². The molecule has 1 atom stereocenters. The van der Waals surface area contributed by atoms with Crippen LogP contribution in [0.5, 0.6) is 0 Å². The largest absolute Gasteiger partial charge is 0.466 e. The van der Waals surface area contributed by atoms with Crippen LogP contribution >= 0.6 is 0 Å². The van der Waals surface area contributed by atoms with Gasteiger partial charge in [-0.15, -0.1) is 0 Å². The van der Waals surface area contributed by atoms with Crippen LogP contribution < -0.4 is 4.31 Å². The molecule has 0 saturated heterocycles. The molecule has 1 heterocycles. The Bertz CT molecular complexity index is 624. The van der Waals surface area contributed by atoms with E-state index in [0.29, 0.717) is 18.7 Å². The van der Waals surface area contributed by atoms with E-state index in [1.54, 1.807) is 6.92 Å². The van der Waals surface area contributed by atoms with Gasteiger partial charge in [0.05, 0.1) is 24.5 Å². The highest BCUT2D eigenvalue weighted by Crippen LogP contribution is 2.32. The summed E-state index contributed by atoms with van der Waals surface area (Å²) in [5, 5.41) is 0. The van der Waals surface area contributed by atoms with Crippen molar-refractivity contribution in [2.75, 3.05) is 23.7 Å². The number of ether oxygens (including phenoxy) is 1. The van der Waals surface area contributed by atoms with Crippen LogP contribution in [0.3, 0.4) is 0 Å². The van der Waals surface area contributed by atoms with Crippen LogP contribution in [-0.2, 0) is 26.0 Å². The summed E-state index contributed by atoms with van der Waals surface area (Å²) in [4.78, 5) is 11.9. The lowest BCUT2D eigenvalue weighted by molar-refractivity contribution is -0.147. The van der Waals surface area contributed by atoms with Gasteiger partial charge >= 0.3 is 5.97 Å². The van der Waals surface area contributed by atoms with Gasteiger partial charge in [-0.1, -0.05) is 12.1 Å². The highest BCUT2D eigenvalue weighted by atomic mass is 32.2. The molecule has 0 amide bonds. The molecule has 1 aliphatic heterocycles. The van der Waals surface area contributed by atoms with Gasteiger partial charge in [-0.25, -0.2) is 8.42 Å². The number of nitrogens with zero attached hydrogens (tertiary/aromatic N) is 1. The molecular formula is C14H19NO4S. The first-order valence-electron chi connectivity index (χ1n) is 6.56. The lowest BCUT2D eigenvalue weighted by Crippen LogP contribution is -2.42. The topological polar surface area (TPSA) is 63.7 Å². The molecule has 1 aromatic carbocycles. The number of anilines is 1. The summed E-state index contributed by atoms with van der Waals surface area (Å²) in [6.07, 6.45) is 1.67. The van der Waals surface area contributed by atoms with Gasteiger partial charge in [0.25, 0.3) is 0 Å². The molecule has 0 fully saturated rings. The normalized spacial score (nSPS) is 18.6. The van der Waals surface area contributed by atoms with E-state index in [9.17, 15) is 13.2 Å². The Kier molecular flexibility index (Phi) is 4.04. The lowest BCUT2D eigenvalue weighted by atomic mass is 9.93. The third-order valence-electron chi connectivity index (χ3n) is 3.38. The van der Waals surface area contributed by atoms with Crippen molar-refractivity contribution >= 4 is 21.7 Å². The molecule has 0 N–H and O–H groups in total. The molecule has 0 aliphatic carbocycles. The van der Waals surface area contributed by atoms with Crippen molar-refractivity contribution in [2.45, 2.75) is 20.3 Å². The maximum absolute atomic E-state index is 12.0. The SMILES string of the molecule is CCOC(=O)C1Cc2ccc(C)cc2N(S(C)(=O)=O)C1. The molecule has 110 valence electrons. The van der Waals surface area contributed by atoms with Gasteiger partial charge in [0.2, 0.25) is 10.0 Å². The van der Waals surface area contributed by atoms with E-state index >= 15 is 0 Å². The van der Waals surface area contributed by atoms with E-state index in [1.165, 1.54) is 4.31 Å². The number of aryl methyl sites for hydroxylation is 1. The van der Waals surface area contributed by atoms with E-state index in [4.69, 9.17) is 4.74 Å². The molecule has 0 bridgehead atoms. The Hall–Kier alpha value is -1.56. The Morgan fingerprint density at radius 2 is 2.15 bits per heavy atom. The second-order valence-electron chi connectivity index (χ2n) is 5.08. The van der Waals surface area contributed by atoms with Crippen molar-refractivity contribution in [1.29, 1.82) is 0 Å². The predicted octanol–water partition coefficient (Wildman–Crippen LogP) is 1.50. The number of hydrogen-bond donors (Lipinski definition) is 0. The molecule has 0 radical (unpaired) electrons. The molecule has 0 aromatic heterocycles. The fraction of sp³-hybridized carbons (Fsp3) is 0.500. The van der Waals surface area contributed by atoms with Gasteiger partial charge < -0.3 is 4.74 Å². The average molecular weight is 297 g/mol. The van der Waals surface area contributed by atoms with Crippen molar-refractivity contribution in [3.8, 4) is 0 Å². The number of hydrogen-bond acceptors (Lipinski definition) is 4. The van der Waals surface area contributed by atoms with Gasteiger partial charge in [0.15, 0.2) is 0 Å². The van der Waals surface area contributed by atoms with Crippen LogP contribution in [0.15, 0.2) is 18.2 Å². The summed E-state index contributed by atoms with van der Waals surface area (Å²) in [6, 6.07) is 5.65. The third kappa shape index (κ3) is 2.95. The zero-order valence-corrected chi connectivity index (χ0v) is 12.7. The Morgan fingerprint density at radius 3 is 2.75 bits per heavy atom. The second kappa shape index (κ2) is 5.44. The first-order valence-corrected chi connectivity index (χ1v) is 8.41. The number of fused-ring (bicyclic) bond motifs is 1. The van der Waals surface area contributed by atoms with Gasteiger partial charge in [-0.2, -0.15) is 0 Å². The van der Waals surface area contributed by atoms with Crippen LogP contribution in [0.1, 0.15) is 18.1 Å². The minimum Gasteiger partial charge on any atom is -0.466 e. The molecule has 1 aromatic rings. The number of carbonyl (C=O) groups is 1. The quantitative estimate of drug-likeness (QED) is 0.793. The van der Waals surface area contributed by atoms with Crippen molar-refractivity contribution < 1.29 is 17.9 Å². The Labute approximate surface area is 119 Å². The monoisotopic (exact) mass is 297 g/mol. The van der Waals surface area contributed by atoms with E-state index in [2.05, 4.69) is 0 Å². The van der Waals surface area contributed by atoms with Crippen LogP contribution in [0.2, 0.25) is 0 Å². The maximum Gasteiger partial charge on any atom is 0.311 e. The summed E-state index contributed by atoms with van der Waals surface area (Å²) in [6.45, 7) is 4.10. The summed E-state index contributed by atoms with van der Waals surface area (Å²) in [7, 11) is -3.41. The highest BCUT2D eigenvalue weighted by molar-refractivity contribution is 7.92. The summed E-state index contributed by atoms with van der Waals surface area (Å²) < 4.78 is 30.2. The standard InChI is InChI=1S/C14H19NO4S/c1-4-19-14(16)12-8-11-6-5-10(2)7-13(11)15(9-12)20(3,17)18/h5-7,12H,4,8-9H2,1-3H3. The highest BCUT2D eigenvalue weighted by Gasteiger charge is 2.34. The first-order chi connectivity index (χ1) is 9.32. The zero-order chi connectivity index (χ0) is 14.9. The van der Waals surface area contributed by atoms with Crippen LogP contribution in [-0.4, -0.2) is 33.8 Å². The predicted molar refractivity (Wildman–Crippen MR) is 77.2 cm³/mol. The smallest absolute Gasteiger partial charge is 0.311 e. The van der Waals surface area contributed by atoms with Crippen molar-refractivity contribution in [3.05, 3.63) is 29.3 Å². The van der Waals surface area contributed by atoms with E-state index in [-0.39, 0.29) is 12.5 Å². The summed E-state index contributed by atoms with van der Waals surface area (Å²) in [5.41, 5.74) is 2.53. The molecule has 6 heteroatoms. The molecule has 5 nitrogen and oxygen atoms in total. The Morgan fingerprint density at radius 1 is 1.45 bits per heavy atom. The zero-order valence-electron chi connectivity index (χ0n) is 11.9. The first kappa shape index (κ1) is 14.8. The van der Waals surface area contributed by atoms with Crippen molar-refractivity contribution in [3.63, 3.8) is 0 Å². The van der Waals surface area contributed by atoms with Crippen LogP contribution in [0.4, 0.5) is 5.69 Å². The maximum atomic E-state index is 12.0. The Balaban J connectivity index is 2.42. The van der Waals surface area contributed by atoms with E-state index in [1.807, 2.05) is 25.1 Å². The molecule has 20 heavy (non-hydrogen) atoms. The number of sulfonamides is 1. The second-order valence-corrected chi connectivity index (χ2v) is 6.99. The van der Waals surface area contributed by atoms with Crippen LogP contribution in [0.25, 0.3) is 0 Å². The molecular weight excluding hydrogens is 278 g/mol. The summed E-state index contributed by atoms with van der Waals surface area (Å²) >= 11 is 0. The number of rotatable bonds is 3. The molecule has 1 aliphatic rings. The van der Waals surface area contributed by atoms with E-state index in [0.717, 1.165) is 17.4 Å². The summed E-state index contributed by atoms with van der Waals surface area (Å²) in [5.74, 6) is -0.785. The van der Waals surface area contributed by atoms with Crippen molar-refractivity contribution in [1.82, 2.24) is 0 Å². The number of esters is 1. The lowest BCUT2D eigenvalue weighted by Gasteiger charge is -2.33. The molecule has 2 rings (SSSR count). The molecule has 0 spiro atoms. The van der Waals surface area contributed by atoms with Gasteiger partial charge in [0, 0.05) is 6.54 Å². The molecule has 1 unspecified atom stereocenters. The van der Waals surface area contributed by atoms with Gasteiger partial charge in [-0.3, -0.25) is 9.10 Å². The average Bonchev–Trinajstić information content (AvgIpc) is 2.36. The number of benzene rings is 1. The minimum absolute atomic E-state index is 0.147. The number of carbonyl (C=O) groups excluding carboxylic acids is 1. The van der Waals surface area contributed by atoms with Gasteiger partial charge in [0.1, 0.15) is 0 Å². The van der Waals surface area contributed by atoms with E-state index < -0.39 is 15.9 Å². The minimum atomic E-state index is -3.41.